The second-order valence-corrected chi connectivity index (χ2v) is 8.84. The number of likely N-dealkylation sites (tertiary alicyclic amines) is 1. The fourth-order valence-corrected chi connectivity index (χ4v) is 4.77. The van der Waals surface area contributed by atoms with E-state index >= 15 is 0 Å². The molecule has 2 N–H and O–H groups in total. The Morgan fingerprint density at radius 1 is 1.17 bits per heavy atom. The Morgan fingerprint density at radius 2 is 1.93 bits per heavy atom. The van der Waals surface area contributed by atoms with E-state index in [2.05, 4.69) is 12.4 Å². The van der Waals surface area contributed by atoms with Crippen molar-refractivity contribution in [3.63, 3.8) is 0 Å². The van der Waals surface area contributed by atoms with Crippen molar-refractivity contribution in [2.75, 3.05) is 38.6 Å². The van der Waals surface area contributed by atoms with Crippen molar-refractivity contribution in [3.8, 4) is 5.75 Å². The van der Waals surface area contributed by atoms with Gasteiger partial charge in [-0.1, -0.05) is 24.3 Å². The lowest BCUT2D eigenvalue weighted by Crippen LogP contribution is -2.54. The molecule has 6 heteroatoms. The first-order chi connectivity index (χ1) is 14.4. The fourth-order valence-electron chi connectivity index (χ4n) is 4.77. The van der Waals surface area contributed by atoms with Crippen molar-refractivity contribution in [2.24, 2.45) is 0 Å². The van der Waals surface area contributed by atoms with E-state index < -0.39 is 6.10 Å². The third kappa shape index (κ3) is 4.65. The molecule has 2 aliphatic rings. The third-order valence-electron chi connectivity index (χ3n) is 6.47. The van der Waals surface area contributed by atoms with E-state index in [1.807, 2.05) is 30.3 Å². The number of amides is 1. The fraction of sp³-hybridized carbons (Fsp3) is 0.458. The number of carbonyl (C=O) groups is 1. The number of halogens is 1. The topological polar surface area (TPSA) is 58.6 Å². The number of hydrogen-bond donors (Lipinski definition) is 2. The molecule has 4 rings (SSSR count). The highest BCUT2D eigenvalue weighted by atomic mass is 19.1. The lowest BCUT2D eigenvalue weighted by molar-refractivity contribution is -0.917. The molecule has 2 aliphatic heterocycles. The normalized spacial score (nSPS) is 24.6. The van der Waals surface area contributed by atoms with Gasteiger partial charge in [-0.05, 0) is 36.1 Å². The van der Waals surface area contributed by atoms with Crippen molar-refractivity contribution in [2.45, 2.75) is 37.7 Å². The predicted octanol–water partition coefficient (Wildman–Crippen LogP) is 3.47. The van der Waals surface area contributed by atoms with E-state index in [0.717, 1.165) is 53.0 Å². The minimum absolute atomic E-state index is 0.0240. The summed E-state index contributed by atoms with van der Waals surface area (Å²) in [5.41, 5.74) is 2.61. The summed E-state index contributed by atoms with van der Waals surface area (Å²) in [6.07, 6.45) is 2.34. The number of quaternary nitrogens is 1. The Morgan fingerprint density at radius 3 is 2.70 bits per heavy atom. The number of aliphatic hydroxyl groups excluding tert-OH is 1. The molecule has 0 aliphatic carbocycles. The average Bonchev–Trinajstić information content (AvgIpc) is 2.73. The summed E-state index contributed by atoms with van der Waals surface area (Å²) in [5, 5.41) is 13.5. The summed E-state index contributed by atoms with van der Waals surface area (Å²) in [4.78, 5) is 11.6. The van der Waals surface area contributed by atoms with Gasteiger partial charge in [0.25, 0.3) is 0 Å². The SMILES string of the molecule is C[N+]1(CC(O)COc2cccc3c2CCC(=O)N3)CCC(c2ccccc2F)CC1. The zero-order valence-electron chi connectivity index (χ0n) is 17.4. The van der Waals surface area contributed by atoms with Gasteiger partial charge in [-0.15, -0.1) is 0 Å². The molecule has 0 bridgehead atoms. The second-order valence-electron chi connectivity index (χ2n) is 8.84. The monoisotopic (exact) mass is 413 g/mol. The molecule has 2 aromatic carbocycles. The molecule has 1 saturated heterocycles. The van der Waals surface area contributed by atoms with Gasteiger partial charge in [-0.25, -0.2) is 4.39 Å². The summed E-state index contributed by atoms with van der Waals surface area (Å²) < 4.78 is 20.8. The number of nitrogens with one attached hydrogen (secondary N) is 1. The molecular weight excluding hydrogens is 383 g/mol. The van der Waals surface area contributed by atoms with Crippen LogP contribution in [0.5, 0.6) is 5.75 Å². The lowest BCUT2D eigenvalue weighted by Gasteiger charge is -2.41. The molecule has 1 amide bonds. The van der Waals surface area contributed by atoms with Gasteiger partial charge in [0.1, 0.15) is 30.8 Å². The first-order valence-corrected chi connectivity index (χ1v) is 10.7. The highest BCUT2D eigenvalue weighted by molar-refractivity contribution is 5.94. The van der Waals surface area contributed by atoms with Crippen LogP contribution in [0.3, 0.4) is 0 Å². The van der Waals surface area contributed by atoms with Gasteiger partial charge >= 0.3 is 0 Å². The number of benzene rings is 2. The van der Waals surface area contributed by atoms with Crippen LogP contribution in [0.1, 0.15) is 36.3 Å². The van der Waals surface area contributed by atoms with Gasteiger partial charge < -0.3 is 19.6 Å². The van der Waals surface area contributed by atoms with Crippen molar-refractivity contribution >= 4 is 11.6 Å². The average molecular weight is 414 g/mol. The molecule has 5 nitrogen and oxygen atoms in total. The smallest absolute Gasteiger partial charge is 0.224 e. The second kappa shape index (κ2) is 8.74. The highest BCUT2D eigenvalue weighted by Gasteiger charge is 2.33. The number of rotatable bonds is 6. The molecule has 1 atom stereocenters. The van der Waals surface area contributed by atoms with Crippen LogP contribution in [0, 0.1) is 5.82 Å². The summed E-state index contributed by atoms with van der Waals surface area (Å²) in [6, 6.07) is 12.7. The first-order valence-electron chi connectivity index (χ1n) is 10.7. The van der Waals surface area contributed by atoms with E-state index in [1.165, 1.54) is 6.07 Å². The van der Waals surface area contributed by atoms with Gasteiger partial charge in [0, 0.05) is 30.5 Å². The van der Waals surface area contributed by atoms with E-state index in [9.17, 15) is 14.3 Å². The molecule has 1 unspecified atom stereocenters. The molecular formula is C24H30FN2O3+. The lowest BCUT2D eigenvalue weighted by atomic mass is 9.88. The Hall–Kier alpha value is -2.44. The minimum atomic E-state index is -0.589. The molecule has 30 heavy (non-hydrogen) atoms. The number of likely N-dealkylation sites (N-methyl/N-ethyl adjacent to an activating group) is 1. The van der Waals surface area contributed by atoms with Gasteiger partial charge in [0.05, 0.1) is 20.1 Å². The van der Waals surface area contributed by atoms with E-state index in [4.69, 9.17) is 4.74 Å². The van der Waals surface area contributed by atoms with Crippen LogP contribution in [0.4, 0.5) is 10.1 Å². The van der Waals surface area contributed by atoms with Crippen LogP contribution in [-0.4, -0.2) is 54.9 Å². The van der Waals surface area contributed by atoms with E-state index in [0.29, 0.717) is 19.4 Å². The molecule has 1 fully saturated rings. The standard InChI is InChI=1S/C24H29FN2O3/c1-27(13-11-17(12-14-27)19-5-2-3-6-21(19)25)15-18(28)16-30-23-8-4-7-22-20(23)9-10-24(29)26-22/h2-8,17-18,28H,9-16H2,1H3/p+1. The minimum Gasteiger partial charge on any atom is -0.490 e. The number of fused-ring (bicyclic) bond motifs is 1. The van der Waals surface area contributed by atoms with Crippen molar-refractivity contribution in [3.05, 3.63) is 59.4 Å². The maximum Gasteiger partial charge on any atom is 0.224 e. The van der Waals surface area contributed by atoms with Crippen LogP contribution in [-0.2, 0) is 11.2 Å². The summed E-state index contributed by atoms with van der Waals surface area (Å²) in [7, 11) is 2.15. The zero-order chi connectivity index (χ0) is 21.1. The van der Waals surface area contributed by atoms with E-state index in [1.54, 1.807) is 6.07 Å². The number of piperidine rings is 1. The molecule has 0 aromatic heterocycles. The summed E-state index contributed by atoms with van der Waals surface area (Å²) in [5.74, 6) is 0.884. The van der Waals surface area contributed by atoms with Crippen LogP contribution in [0.15, 0.2) is 42.5 Å². The number of anilines is 1. The van der Waals surface area contributed by atoms with Gasteiger partial charge in [0.15, 0.2) is 0 Å². The Bertz CT molecular complexity index is 909. The predicted molar refractivity (Wildman–Crippen MR) is 114 cm³/mol. The maximum atomic E-state index is 14.1. The summed E-state index contributed by atoms with van der Waals surface area (Å²) in [6.45, 7) is 2.64. The Balaban J connectivity index is 1.31. The van der Waals surface area contributed by atoms with Crippen LogP contribution in [0.25, 0.3) is 0 Å². The molecule has 2 aromatic rings. The largest absolute Gasteiger partial charge is 0.490 e. The maximum absolute atomic E-state index is 14.1. The van der Waals surface area contributed by atoms with E-state index in [-0.39, 0.29) is 24.2 Å². The number of nitrogens with zero attached hydrogens (tertiary/aromatic N) is 1. The molecule has 0 spiro atoms. The number of hydrogen-bond acceptors (Lipinski definition) is 3. The van der Waals surface area contributed by atoms with Crippen LogP contribution < -0.4 is 10.1 Å². The van der Waals surface area contributed by atoms with Gasteiger partial charge in [0.2, 0.25) is 5.91 Å². The third-order valence-corrected chi connectivity index (χ3v) is 6.47. The summed E-state index contributed by atoms with van der Waals surface area (Å²) >= 11 is 0. The van der Waals surface area contributed by atoms with Crippen molar-refractivity contribution in [1.29, 1.82) is 0 Å². The van der Waals surface area contributed by atoms with Crippen LogP contribution in [0.2, 0.25) is 0 Å². The first kappa shape index (κ1) is 20.8. The zero-order valence-corrected chi connectivity index (χ0v) is 17.4. The number of ether oxygens (including phenoxy) is 1. The quantitative estimate of drug-likeness (QED) is 0.713. The molecule has 0 radical (unpaired) electrons. The molecule has 0 saturated carbocycles. The molecule has 2 heterocycles. The van der Waals surface area contributed by atoms with Crippen molar-refractivity contribution in [1.82, 2.24) is 0 Å². The number of carbonyl (C=O) groups excluding carboxylic acids is 1. The van der Waals surface area contributed by atoms with Crippen molar-refractivity contribution < 1.29 is 23.5 Å². The van der Waals surface area contributed by atoms with Gasteiger partial charge in [-0.2, -0.15) is 0 Å². The molecule has 160 valence electrons. The van der Waals surface area contributed by atoms with Crippen LogP contribution >= 0.6 is 0 Å². The van der Waals surface area contributed by atoms with Gasteiger partial charge in [-0.3, -0.25) is 4.79 Å². The Kier molecular flexibility index (Phi) is 6.06. The Labute approximate surface area is 177 Å². The highest BCUT2D eigenvalue weighted by Crippen LogP contribution is 2.33. The number of aliphatic hydroxyl groups is 1.